The molecule has 0 radical (unpaired) electrons. The molecule has 3 aromatic heterocycles. The molecule has 0 bridgehead atoms. The zero-order chi connectivity index (χ0) is 19.3. The summed E-state index contributed by atoms with van der Waals surface area (Å²) in [5.74, 6) is 0.794. The van der Waals surface area contributed by atoms with Gasteiger partial charge < -0.3 is 4.74 Å². The first-order valence-corrected chi connectivity index (χ1v) is 9.02. The van der Waals surface area contributed by atoms with Gasteiger partial charge in [-0.2, -0.15) is 15.5 Å². The van der Waals surface area contributed by atoms with E-state index in [0.717, 1.165) is 52.1 Å². The van der Waals surface area contributed by atoms with Gasteiger partial charge in [-0.1, -0.05) is 0 Å². The van der Waals surface area contributed by atoms with Crippen LogP contribution in [-0.2, 0) is 13.5 Å². The minimum atomic E-state index is -0.166. The van der Waals surface area contributed by atoms with Gasteiger partial charge in [0.1, 0.15) is 29.3 Å². The summed E-state index contributed by atoms with van der Waals surface area (Å²) in [5.41, 5.74) is 4.90. The van der Waals surface area contributed by atoms with Gasteiger partial charge in [-0.25, -0.2) is 9.67 Å². The van der Waals surface area contributed by atoms with Crippen LogP contribution < -0.4 is 4.74 Å². The number of ether oxygens (including phenoxy) is 1. The van der Waals surface area contributed by atoms with Crippen LogP contribution in [0.1, 0.15) is 35.2 Å². The van der Waals surface area contributed by atoms with Crippen molar-refractivity contribution in [2.24, 2.45) is 7.05 Å². The van der Waals surface area contributed by atoms with E-state index in [4.69, 9.17) is 10.00 Å². The number of nitrogens with zero attached hydrogens (tertiary/aromatic N) is 7. The maximum absolute atomic E-state index is 9.01. The van der Waals surface area contributed by atoms with Crippen molar-refractivity contribution in [3.63, 3.8) is 0 Å². The van der Waals surface area contributed by atoms with Crippen LogP contribution in [0.25, 0.3) is 16.6 Å². The predicted molar refractivity (Wildman–Crippen MR) is 101 cm³/mol. The van der Waals surface area contributed by atoms with Crippen LogP contribution in [0.15, 0.2) is 36.9 Å². The topological polar surface area (TPSA) is 94.4 Å². The molecular formula is C20H17N7O. The van der Waals surface area contributed by atoms with Gasteiger partial charge >= 0.3 is 0 Å². The highest BCUT2D eigenvalue weighted by Crippen LogP contribution is 2.35. The van der Waals surface area contributed by atoms with Crippen LogP contribution in [0.4, 0.5) is 0 Å². The number of aromatic nitrogens is 6. The molecule has 5 rings (SSSR count). The fraction of sp³-hybridized carbons (Fsp3) is 0.250. The first-order valence-electron chi connectivity index (χ1n) is 9.02. The molecule has 8 heteroatoms. The molecule has 138 valence electrons. The third-order valence-corrected chi connectivity index (χ3v) is 5.01. The van der Waals surface area contributed by atoms with Gasteiger partial charge in [0.2, 0.25) is 0 Å². The summed E-state index contributed by atoms with van der Waals surface area (Å²) < 4.78 is 9.94. The lowest BCUT2D eigenvalue weighted by Crippen LogP contribution is -2.07. The van der Waals surface area contributed by atoms with Crippen LogP contribution in [-0.4, -0.2) is 29.5 Å². The number of nitriles is 1. The molecule has 0 saturated heterocycles. The maximum Gasteiger partial charge on any atom is 0.159 e. The van der Waals surface area contributed by atoms with E-state index in [9.17, 15) is 0 Å². The molecule has 0 aliphatic heterocycles. The minimum Gasteiger partial charge on any atom is -0.484 e. The highest BCUT2D eigenvalue weighted by molar-refractivity contribution is 5.83. The van der Waals surface area contributed by atoms with Gasteiger partial charge in [0.15, 0.2) is 5.69 Å². The Morgan fingerprint density at radius 1 is 1.21 bits per heavy atom. The van der Waals surface area contributed by atoms with Crippen molar-refractivity contribution < 1.29 is 4.74 Å². The standard InChI is InChI=1S/C20H17N7O/c1-12-5-13-8-24-27(15-10-23-26(2)11-15)17(13)6-19(12)28-18-4-3-16-20(18)22-9-14(7-21)25-16/h5-6,8-11,18H,3-4H2,1-2H3. The van der Waals surface area contributed by atoms with Crippen LogP contribution in [0.5, 0.6) is 5.75 Å². The third-order valence-electron chi connectivity index (χ3n) is 5.01. The Morgan fingerprint density at radius 3 is 2.89 bits per heavy atom. The lowest BCUT2D eigenvalue weighted by molar-refractivity contribution is 0.202. The van der Waals surface area contributed by atoms with Crippen molar-refractivity contribution in [2.45, 2.75) is 25.9 Å². The molecule has 28 heavy (non-hydrogen) atoms. The Balaban J connectivity index is 1.52. The van der Waals surface area contributed by atoms with E-state index in [2.05, 4.69) is 26.2 Å². The zero-order valence-electron chi connectivity index (χ0n) is 15.5. The predicted octanol–water partition coefficient (Wildman–Crippen LogP) is 2.80. The molecule has 1 aromatic carbocycles. The number of rotatable bonds is 3. The molecule has 1 aliphatic carbocycles. The molecule has 0 fully saturated rings. The molecule has 3 heterocycles. The second-order valence-corrected chi connectivity index (χ2v) is 6.95. The molecule has 0 saturated carbocycles. The van der Waals surface area contributed by atoms with Gasteiger partial charge in [0.05, 0.1) is 36.0 Å². The van der Waals surface area contributed by atoms with Gasteiger partial charge in [0, 0.05) is 18.5 Å². The molecule has 1 atom stereocenters. The summed E-state index contributed by atoms with van der Waals surface area (Å²) in [6.07, 6.45) is 8.44. The number of aryl methyl sites for hydroxylation is 3. The van der Waals surface area contributed by atoms with Crippen molar-refractivity contribution in [2.75, 3.05) is 0 Å². The zero-order valence-corrected chi connectivity index (χ0v) is 15.5. The summed E-state index contributed by atoms with van der Waals surface area (Å²) in [7, 11) is 1.88. The van der Waals surface area contributed by atoms with E-state index >= 15 is 0 Å². The van der Waals surface area contributed by atoms with E-state index in [-0.39, 0.29) is 6.10 Å². The molecule has 4 aromatic rings. The van der Waals surface area contributed by atoms with E-state index in [1.165, 1.54) is 6.20 Å². The van der Waals surface area contributed by atoms with Gasteiger partial charge in [-0.05, 0) is 31.4 Å². The van der Waals surface area contributed by atoms with Crippen LogP contribution in [0, 0.1) is 18.3 Å². The molecule has 1 unspecified atom stereocenters. The number of hydrogen-bond donors (Lipinski definition) is 0. The summed E-state index contributed by atoms with van der Waals surface area (Å²) in [5, 5.41) is 18.8. The summed E-state index contributed by atoms with van der Waals surface area (Å²) in [6.45, 7) is 2.02. The first kappa shape index (κ1) is 16.4. The van der Waals surface area contributed by atoms with E-state index < -0.39 is 0 Å². The van der Waals surface area contributed by atoms with Crippen molar-refractivity contribution >= 4 is 10.9 Å². The number of fused-ring (bicyclic) bond motifs is 2. The van der Waals surface area contributed by atoms with Gasteiger partial charge in [-0.3, -0.25) is 9.67 Å². The molecule has 8 nitrogen and oxygen atoms in total. The average Bonchev–Trinajstić information content (AvgIpc) is 3.40. The molecule has 1 aliphatic rings. The van der Waals surface area contributed by atoms with Crippen LogP contribution >= 0.6 is 0 Å². The Morgan fingerprint density at radius 2 is 2.11 bits per heavy atom. The highest BCUT2D eigenvalue weighted by atomic mass is 16.5. The summed E-state index contributed by atoms with van der Waals surface area (Å²) in [4.78, 5) is 8.78. The molecule has 0 N–H and O–H groups in total. The second-order valence-electron chi connectivity index (χ2n) is 6.95. The van der Waals surface area contributed by atoms with Crippen LogP contribution in [0.3, 0.4) is 0 Å². The van der Waals surface area contributed by atoms with E-state index in [1.54, 1.807) is 10.9 Å². The number of hydrogen-bond acceptors (Lipinski definition) is 6. The molecular weight excluding hydrogens is 354 g/mol. The first-order chi connectivity index (χ1) is 13.6. The molecule has 0 amide bonds. The Kier molecular flexibility index (Phi) is 3.62. The lowest BCUT2D eigenvalue weighted by atomic mass is 10.1. The lowest BCUT2D eigenvalue weighted by Gasteiger charge is -2.16. The van der Waals surface area contributed by atoms with Gasteiger partial charge in [0.25, 0.3) is 0 Å². The van der Waals surface area contributed by atoms with Crippen molar-refractivity contribution in [3.8, 4) is 17.5 Å². The van der Waals surface area contributed by atoms with Crippen molar-refractivity contribution in [1.82, 2.24) is 29.5 Å². The Bertz CT molecular complexity index is 1250. The fourth-order valence-electron chi connectivity index (χ4n) is 3.64. The van der Waals surface area contributed by atoms with Crippen LogP contribution in [0.2, 0.25) is 0 Å². The summed E-state index contributed by atoms with van der Waals surface area (Å²) in [6, 6.07) is 6.13. The van der Waals surface area contributed by atoms with Crippen molar-refractivity contribution in [1.29, 1.82) is 5.26 Å². The third kappa shape index (κ3) is 2.60. The second kappa shape index (κ2) is 6.16. The summed E-state index contributed by atoms with van der Waals surface area (Å²) >= 11 is 0. The smallest absolute Gasteiger partial charge is 0.159 e. The highest BCUT2D eigenvalue weighted by Gasteiger charge is 2.28. The largest absolute Gasteiger partial charge is 0.484 e. The number of benzene rings is 1. The van der Waals surface area contributed by atoms with Gasteiger partial charge in [-0.15, -0.1) is 0 Å². The average molecular weight is 371 g/mol. The maximum atomic E-state index is 9.01. The monoisotopic (exact) mass is 371 g/mol. The quantitative estimate of drug-likeness (QED) is 0.550. The molecule has 0 spiro atoms. The van der Waals surface area contributed by atoms with Crippen molar-refractivity contribution in [3.05, 3.63) is 59.6 Å². The van der Waals surface area contributed by atoms with E-state index in [0.29, 0.717) is 5.69 Å². The SMILES string of the molecule is Cc1cc2cnn(-c3cnn(C)c3)c2cc1OC1CCc2nc(C#N)cnc21. The van der Waals surface area contributed by atoms with E-state index in [1.807, 2.05) is 43.2 Å². The normalized spacial score (nSPS) is 15.5. The minimum absolute atomic E-state index is 0.166. The Labute approximate surface area is 161 Å². The Hall–Kier alpha value is -3.73. The fourth-order valence-corrected chi connectivity index (χ4v) is 3.64.